The molecule has 0 unspecified atom stereocenters. The van der Waals surface area contributed by atoms with Crippen molar-refractivity contribution in [3.63, 3.8) is 0 Å². The first kappa shape index (κ1) is 22.7. The molecule has 2 aromatic rings. The molecule has 0 spiro atoms. The number of rotatable bonds is 8. The number of ether oxygens (including phenoxy) is 1. The summed E-state index contributed by atoms with van der Waals surface area (Å²) < 4.78 is 42.9. The molecule has 2 rings (SSSR count). The van der Waals surface area contributed by atoms with E-state index in [0.717, 1.165) is 30.3 Å². The Hall–Kier alpha value is -3.63. The number of non-ortho nitro benzene ring substituents is 1. The maximum absolute atomic E-state index is 12.6. The van der Waals surface area contributed by atoms with Crippen LogP contribution in [0.25, 0.3) is 0 Å². The highest BCUT2D eigenvalue weighted by atomic mass is 19.4. The molecule has 160 valence electrons. The molecule has 0 aliphatic heterocycles. The highest BCUT2D eigenvalue weighted by Crippen LogP contribution is 2.29. The third-order valence-corrected chi connectivity index (χ3v) is 4.18. The largest absolute Gasteiger partial charge is 0.496 e. The molecule has 0 radical (unpaired) electrons. The fourth-order valence-corrected chi connectivity index (χ4v) is 2.70. The molecule has 30 heavy (non-hydrogen) atoms. The van der Waals surface area contributed by atoms with Gasteiger partial charge in [-0.25, -0.2) is 4.79 Å². The SMILES string of the molecule is COc1ccc([N+](=O)[O-])cc1C[C@H](NC(=O)Cc1ccc(C(F)(F)F)cc1)C(=O)O. The van der Waals surface area contributed by atoms with Gasteiger partial charge in [0.1, 0.15) is 11.8 Å². The zero-order valence-electron chi connectivity index (χ0n) is 15.6. The lowest BCUT2D eigenvalue weighted by molar-refractivity contribution is -0.384. The van der Waals surface area contributed by atoms with Gasteiger partial charge in [0.05, 0.1) is 24.0 Å². The van der Waals surface area contributed by atoms with Gasteiger partial charge in [-0.05, 0) is 23.8 Å². The lowest BCUT2D eigenvalue weighted by atomic mass is 10.0. The number of carbonyl (C=O) groups is 2. The number of carboxylic acid groups (broad SMARTS) is 1. The van der Waals surface area contributed by atoms with Crippen LogP contribution in [0.3, 0.4) is 0 Å². The number of nitro benzene ring substituents is 1. The number of aliphatic carboxylic acids is 1. The number of methoxy groups -OCH3 is 1. The van der Waals surface area contributed by atoms with Gasteiger partial charge in [0, 0.05) is 24.1 Å². The Morgan fingerprint density at radius 3 is 2.33 bits per heavy atom. The van der Waals surface area contributed by atoms with Crippen molar-refractivity contribution in [2.45, 2.75) is 25.1 Å². The van der Waals surface area contributed by atoms with E-state index in [2.05, 4.69) is 5.32 Å². The smallest absolute Gasteiger partial charge is 0.416 e. The second-order valence-electron chi connectivity index (χ2n) is 6.29. The minimum Gasteiger partial charge on any atom is -0.496 e. The first-order valence-corrected chi connectivity index (χ1v) is 8.51. The van der Waals surface area contributed by atoms with Gasteiger partial charge in [-0.15, -0.1) is 0 Å². The van der Waals surface area contributed by atoms with E-state index in [1.165, 1.54) is 19.2 Å². The molecule has 0 fully saturated rings. The van der Waals surface area contributed by atoms with Crippen LogP contribution in [-0.4, -0.2) is 35.1 Å². The van der Waals surface area contributed by atoms with Crippen LogP contribution in [0.15, 0.2) is 42.5 Å². The number of benzene rings is 2. The highest BCUT2D eigenvalue weighted by Gasteiger charge is 2.30. The van der Waals surface area contributed by atoms with Crippen molar-refractivity contribution in [1.82, 2.24) is 5.32 Å². The monoisotopic (exact) mass is 426 g/mol. The lowest BCUT2D eigenvalue weighted by Crippen LogP contribution is -2.43. The Kier molecular flexibility index (Phi) is 6.98. The number of carboxylic acids is 1. The van der Waals surface area contributed by atoms with Gasteiger partial charge < -0.3 is 15.2 Å². The summed E-state index contributed by atoms with van der Waals surface area (Å²) >= 11 is 0. The van der Waals surface area contributed by atoms with Crippen molar-refractivity contribution in [2.75, 3.05) is 7.11 Å². The minimum absolute atomic E-state index is 0.203. The number of hydrogen-bond acceptors (Lipinski definition) is 5. The maximum atomic E-state index is 12.6. The summed E-state index contributed by atoms with van der Waals surface area (Å²) in [6.07, 6.45) is -5.14. The molecule has 0 heterocycles. The van der Waals surface area contributed by atoms with Gasteiger partial charge in [-0.3, -0.25) is 14.9 Å². The number of halogens is 3. The van der Waals surface area contributed by atoms with E-state index < -0.39 is 34.6 Å². The third kappa shape index (κ3) is 5.93. The van der Waals surface area contributed by atoms with Crippen LogP contribution in [0, 0.1) is 10.1 Å². The fourth-order valence-electron chi connectivity index (χ4n) is 2.70. The van der Waals surface area contributed by atoms with E-state index >= 15 is 0 Å². The number of hydrogen-bond donors (Lipinski definition) is 2. The molecule has 0 saturated heterocycles. The number of nitro groups is 1. The molecule has 0 saturated carbocycles. The van der Waals surface area contributed by atoms with Crippen molar-refractivity contribution < 1.29 is 37.5 Å². The Labute approximate surface area is 168 Å². The van der Waals surface area contributed by atoms with E-state index in [1.807, 2.05) is 0 Å². The normalized spacial score (nSPS) is 12.1. The van der Waals surface area contributed by atoms with Crippen molar-refractivity contribution >= 4 is 17.6 Å². The summed E-state index contributed by atoms with van der Waals surface area (Å²) in [5.74, 6) is -1.90. The molecule has 0 bridgehead atoms. The Bertz CT molecular complexity index is 944. The second kappa shape index (κ2) is 9.25. The predicted molar refractivity (Wildman–Crippen MR) is 98.1 cm³/mol. The Morgan fingerprint density at radius 1 is 1.20 bits per heavy atom. The zero-order chi connectivity index (χ0) is 22.5. The highest BCUT2D eigenvalue weighted by molar-refractivity contribution is 5.85. The van der Waals surface area contributed by atoms with Gasteiger partial charge in [0.15, 0.2) is 0 Å². The standard InChI is InChI=1S/C19H17F3N2O6/c1-30-16-7-6-14(24(28)29)9-12(16)10-15(18(26)27)23-17(25)8-11-2-4-13(5-3-11)19(20,21)22/h2-7,9,15H,8,10H2,1H3,(H,23,25)(H,26,27)/t15-/m0/s1. The number of alkyl halides is 3. The summed E-state index contributed by atoms with van der Waals surface area (Å²) in [7, 11) is 1.31. The van der Waals surface area contributed by atoms with Gasteiger partial charge in [0.2, 0.25) is 5.91 Å². The summed E-state index contributed by atoms with van der Waals surface area (Å²) in [5, 5.41) is 22.6. The Morgan fingerprint density at radius 2 is 1.83 bits per heavy atom. The molecule has 11 heteroatoms. The van der Waals surface area contributed by atoms with Crippen LogP contribution < -0.4 is 10.1 Å². The molecule has 0 aliphatic carbocycles. The van der Waals surface area contributed by atoms with Crippen LogP contribution in [0.1, 0.15) is 16.7 Å². The summed E-state index contributed by atoms with van der Waals surface area (Å²) in [6, 6.07) is 6.14. The van der Waals surface area contributed by atoms with Gasteiger partial charge >= 0.3 is 12.1 Å². The lowest BCUT2D eigenvalue weighted by Gasteiger charge is -2.16. The van der Waals surface area contributed by atoms with Crippen LogP contribution in [0.5, 0.6) is 5.75 Å². The average Bonchev–Trinajstić information content (AvgIpc) is 2.66. The van der Waals surface area contributed by atoms with Crippen molar-refractivity contribution in [3.8, 4) is 5.75 Å². The predicted octanol–water partition coefficient (Wildman–Crippen LogP) is 2.98. The molecular weight excluding hydrogens is 409 g/mol. The second-order valence-corrected chi connectivity index (χ2v) is 6.29. The minimum atomic E-state index is -4.51. The van der Waals surface area contributed by atoms with E-state index in [0.29, 0.717) is 0 Å². The molecule has 1 atom stereocenters. The van der Waals surface area contributed by atoms with Crippen molar-refractivity contribution in [1.29, 1.82) is 0 Å². The van der Waals surface area contributed by atoms with Crippen LogP contribution in [0.2, 0.25) is 0 Å². The first-order valence-electron chi connectivity index (χ1n) is 8.51. The van der Waals surface area contributed by atoms with E-state index in [4.69, 9.17) is 4.74 Å². The molecule has 0 aliphatic rings. The van der Waals surface area contributed by atoms with Crippen molar-refractivity contribution in [2.24, 2.45) is 0 Å². The first-order chi connectivity index (χ1) is 14.0. The number of amides is 1. The number of carbonyl (C=O) groups excluding carboxylic acids is 1. The molecule has 1 amide bonds. The van der Waals surface area contributed by atoms with Crippen LogP contribution >= 0.6 is 0 Å². The summed E-state index contributed by atoms with van der Waals surface area (Å²) in [6.45, 7) is 0. The molecule has 2 aromatic carbocycles. The van der Waals surface area contributed by atoms with Crippen LogP contribution in [0.4, 0.5) is 18.9 Å². The van der Waals surface area contributed by atoms with E-state index in [1.54, 1.807) is 0 Å². The zero-order valence-corrected chi connectivity index (χ0v) is 15.6. The van der Waals surface area contributed by atoms with E-state index in [-0.39, 0.29) is 35.4 Å². The molecule has 0 aromatic heterocycles. The van der Waals surface area contributed by atoms with Gasteiger partial charge in [0.25, 0.3) is 5.69 Å². The van der Waals surface area contributed by atoms with Crippen LogP contribution in [-0.2, 0) is 28.6 Å². The molecule has 8 nitrogen and oxygen atoms in total. The number of nitrogens with zero attached hydrogens (tertiary/aromatic N) is 1. The van der Waals surface area contributed by atoms with Crippen molar-refractivity contribution in [3.05, 3.63) is 69.3 Å². The summed E-state index contributed by atoms with van der Waals surface area (Å²) in [4.78, 5) is 34.0. The van der Waals surface area contributed by atoms with Gasteiger partial charge in [-0.1, -0.05) is 12.1 Å². The quantitative estimate of drug-likeness (QED) is 0.495. The maximum Gasteiger partial charge on any atom is 0.416 e. The Balaban J connectivity index is 2.12. The topological polar surface area (TPSA) is 119 Å². The summed E-state index contributed by atoms with van der Waals surface area (Å²) in [5.41, 5.74) is -0.676. The van der Waals surface area contributed by atoms with E-state index in [9.17, 15) is 38.0 Å². The number of nitrogens with one attached hydrogen (secondary N) is 1. The van der Waals surface area contributed by atoms with Gasteiger partial charge in [-0.2, -0.15) is 13.2 Å². The average molecular weight is 426 g/mol. The fraction of sp³-hybridized carbons (Fsp3) is 0.263. The molecule has 2 N–H and O–H groups in total. The molecular formula is C19H17F3N2O6. The third-order valence-electron chi connectivity index (χ3n) is 4.18.